The lowest BCUT2D eigenvalue weighted by atomic mass is 10.1. The number of amides is 1. The van der Waals surface area contributed by atoms with Gasteiger partial charge in [-0.25, -0.2) is 14.4 Å². The Bertz CT molecular complexity index is 1140. The molecule has 0 atom stereocenters. The zero-order valence-corrected chi connectivity index (χ0v) is 16.8. The molecule has 3 rings (SSSR count). The van der Waals surface area contributed by atoms with Gasteiger partial charge in [-0.05, 0) is 31.2 Å². The predicted molar refractivity (Wildman–Crippen MR) is 114 cm³/mol. The molecule has 3 N–H and O–H groups in total. The molecule has 3 aromatic rings. The summed E-state index contributed by atoms with van der Waals surface area (Å²) in [6.45, 7) is 1.97. The van der Waals surface area contributed by atoms with Gasteiger partial charge in [0.05, 0.1) is 18.8 Å². The van der Waals surface area contributed by atoms with Gasteiger partial charge in [-0.15, -0.1) is 0 Å². The molecule has 1 aromatic heterocycles. The molecular weight excluding hydrogens is 404 g/mol. The minimum Gasteiger partial charge on any atom is -0.457 e. The first-order chi connectivity index (χ1) is 15.0. The summed E-state index contributed by atoms with van der Waals surface area (Å²) in [4.78, 5) is 36.1. The molecule has 0 spiro atoms. The van der Waals surface area contributed by atoms with Crippen molar-refractivity contribution in [2.75, 3.05) is 30.4 Å². The number of ether oxygens (including phenoxy) is 2. The van der Waals surface area contributed by atoms with Crippen LogP contribution in [0, 0.1) is 0 Å². The van der Waals surface area contributed by atoms with E-state index in [2.05, 4.69) is 10.6 Å². The van der Waals surface area contributed by atoms with Gasteiger partial charge in [-0.3, -0.25) is 5.32 Å². The van der Waals surface area contributed by atoms with E-state index in [1.54, 1.807) is 43.3 Å². The number of fused-ring (bicyclic) bond motifs is 1. The molecule has 31 heavy (non-hydrogen) atoms. The summed E-state index contributed by atoms with van der Waals surface area (Å²) in [7, 11) is 0. The molecule has 0 saturated heterocycles. The lowest BCUT2D eigenvalue weighted by Gasteiger charge is -2.12. The molecule has 0 aliphatic rings. The highest BCUT2D eigenvalue weighted by atomic mass is 16.5. The van der Waals surface area contributed by atoms with Crippen LogP contribution in [0.3, 0.4) is 0 Å². The molecule has 0 aliphatic heterocycles. The molecule has 9 heteroatoms. The van der Waals surface area contributed by atoms with Crippen molar-refractivity contribution in [2.45, 2.75) is 13.5 Å². The number of aliphatic hydroxyl groups excluding tert-OH is 1. The Morgan fingerprint density at radius 1 is 1.10 bits per heavy atom. The standard InChI is InChI=1S/C22H22N2O7/c1-2-29-22(28)24-15-7-8-16-14(11-20(26)31-19(16)12-15)13-30-21(27)17-5-3-4-6-18(17)23-9-10-25/h3-8,11-12,23,25H,2,9-10,13H2,1H3,(H,24,28). The van der Waals surface area contributed by atoms with Gasteiger partial charge in [0, 0.05) is 41.0 Å². The third-order valence-electron chi connectivity index (χ3n) is 4.29. The Balaban J connectivity index is 1.79. The number of esters is 1. The molecule has 1 amide bonds. The molecular formula is C22H22N2O7. The fourth-order valence-electron chi connectivity index (χ4n) is 2.94. The van der Waals surface area contributed by atoms with Crippen LogP contribution in [-0.4, -0.2) is 36.9 Å². The lowest BCUT2D eigenvalue weighted by molar-refractivity contribution is 0.0475. The number of rotatable bonds is 8. The van der Waals surface area contributed by atoms with Crippen LogP contribution in [-0.2, 0) is 16.1 Å². The first-order valence-corrected chi connectivity index (χ1v) is 9.63. The van der Waals surface area contributed by atoms with Crippen molar-refractivity contribution in [3.63, 3.8) is 0 Å². The first kappa shape index (κ1) is 21.8. The number of carbonyl (C=O) groups excluding carboxylic acids is 2. The van der Waals surface area contributed by atoms with Crippen molar-refractivity contribution in [1.29, 1.82) is 0 Å². The van der Waals surface area contributed by atoms with E-state index < -0.39 is 17.7 Å². The molecule has 0 saturated carbocycles. The fourth-order valence-corrected chi connectivity index (χ4v) is 2.94. The Morgan fingerprint density at radius 3 is 2.68 bits per heavy atom. The summed E-state index contributed by atoms with van der Waals surface area (Å²) in [6.07, 6.45) is -0.622. The van der Waals surface area contributed by atoms with E-state index in [0.29, 0.717) is 27.9 Å². The number of hydrogen-bond donors (Lipinski definition) is 3. The highest BCUT2D eigenvalue weighted by molar-refractivity contribution is 5.96. The van der Waals surface area contributed by atoms with E-state index in [1.807, 2.05) is 0 Å². The van der Waals surface area contributed by atoms with Crippen LogP contribution < -0.4 is 16.3 Å². The number of aliphatic hydroxyl groups is 1. The molecule has 0 aliphatic carbocycles. The Labute approximate surface area is 177 Å². The zero-order chi connectivity index (χ0) is 22.2. The minimum absolute atomic E-state index is 0.0812. The number of hydrogen-bond acceptors (Lipinski definition) is 8. The quantitative estimate of drug-likeness (QED) is 0.370. The second kappa shape index (κ2) is 10.3. The van der Waals surface area contributed by atoms with Crippen LogP contribution in [0.1, 0.15) is 22.8 Å². The maximum atomic E-state index is 12.6. The van der Waals surface area contributed by atoms with E-state index in [4.69, 9.17) is 19.0 Å². The average molecular weight is 426 g/mol. The van der Waals surface area contributed by atoms with Gasteiger partial charge in [0.25, 0.3) is 0 Å². The predicted octanol–water partition coefficient (Wildman–Crippen LogP) is 3.12. The maximum Gasteiger partial charge on any atom is 0.411 e. The van der Waals surface area contributed by atoms with Crippen LogP contribution in [0.15, 0.2) is 57.7 Å². The molecule has 0 bridgehead atoms. The highest BCUT2D eigenvalue weighted by Crippen LogP contribution is 2.23. The van der Waals surface area contributed by atoms with Crippen LogP contribution in [0.25, 0.3) is 11.0 Å². The van der Waals surface area contributed by atoms with Crippen LogP contribution in [0.5, 0.6) is 0 Å². The van der Waals surface area contributed by atoms with Crippen LogP contribution in [0.4, 0.5) is 16.2 Å². The van der Waals surface area contributed by atoms with Crippen molar-refractivity contribution in [2.24, 2.45) is 0 Å². The van der Waals surface area contributed by atoms with Gasteiger partial charge in [-0.2, -0.15) is 0 Å². The second-order valence-electron chi connectivity index (χ2n) is 6.42. The van der Waals surface area contributed by atoms with Crippen molar-refractivity contribution >= 4 is 34.4 Å². The molecule has 9 nitrogen and oxygen atoms in total. The summed E-state index contributed by atoms with van der Waals surface area (Å²) < 4.78 is 15.5. The topological polar surface area (TPSA) is 127 Å². The first-order valence-electron chi connectivity index (χ1n) is 9.63. The normalized spacial score (nSPS) is 10.5. The summed E-state index contributed by atoms with van der Waals surface area (Å²) in [5.74, 6) is -0.581. The SMILES string of the molecule is CCOC(=O)Nc1ccc2c(COC(=O)c3ccccc3NCCO)cc(=O)oc2c1. The summed E-state index contributed by atoms with van der Waals surface area (Å²) in [5, 5.41) is 15.0. The molecule has 0 radical (unpaired) electrons. The number of nitrogens with one attached hydrogen (secondary N) is 2. The molecule has 1 heterocycles. The Morgan fingerprint density at radius 2 is 1.90 bits per heavy atom. The van der Waals surface area contributed by atoms with Crippen molar-refractivity contribution in [3.8, 4) is 0 Å². The number of benzene rings is 2. The van der Waals surface area contributed by atoms with Crippen molar-refractivity contribution in [3.05, 3.63) is 70.1 Å². The lowest BCUT2D eigenvalue weighted by Crippen LogP contribution is -2.13. The Hall–Kier alpha value is -3.85. The number of carbonyl (C=O) groups is 2. The van der Waals surface area contributed by atoms with Gasteiger partial charge in [0.2, 0.25) is 0 Å². The molecule has 0 fully saturated rings. The molecule has 0 unspecified atom stereocenters. The highest BCUT2D eigenvalue weighted by Gasteiger charge is 2.14. The van der Waals surface area contributed by atoms with Crippen LogP contribution in [0.2, 0.25) is 0 Å². The smallest absolute Gasteiger partial charge is 0.411 e. The molecule has 2 aromatic carbocycles. The van der Waals surface area contributed by atoms with Gasteiger partial charge >= 0.3 is 17.7 Å². The largest absolute Gasteiger partial charge is 0.457 e. The summed E-state index contributed by atoms with van der Waals surface area (Å²) >= 11 is 0. The van der Waals surface area contributed by atoms with Crippen molar-refractivity contribution < 1.29 is 28.6 Å². The van der Waals surface area contributed by atoms with E-state index in [9.17, 15) is 14.4 Å². The molecule has 162 valence electrons. The van der Waals surface area contributed by atoms with E-state index in [1.165, 1.54) is 12.1 Å². The Kier molecular flexibility index (Phi) is 7.23. The number of anilines is 2. The zero-order valence-electron chi connectivity index (χ0n) is 16.8. The van der Waals surface area contributed by atoms with Gasteiger partial charge in [-0.1, -0.05) is 12.1 Å². The average Bonchev–Trinajstić information content (AvgIpc) is 2.75. The van der Waals surface area contributed by atoms with E-state index in [0.717, 1.165) is 0 Å². The third-order valence-corrected chi connectivity index (χ3v) is 4.29. The van der Waals surface area contributed by atoms with Crippen molar-refractivity contribution in [1.82, 2.24) is 0 Å². The summed E-state index contributed by atoms with van der Waals surface area (Å²) in [6, 6.07) is 12.8. The monoisotopic (exact) mass is 426 g/mol. The van der Waals surface area contributed by atoms with Gasteiger partial charge < -0.3 is 24.3 Å². The van der Waals surface area contributed by atoms with E-state index in [-0.39, 0.29) is 31.9 Å². The van der Waals surface area contributed by atoms with Gasteiger partial charge in [0.15, 0.2) is 0 Å². The minimum atomic E-state index is -0.622. The second-order valence-corrected chi connectivity index (χ2v) is 6.42. The van der Waals surface area contributed by atoms with Gasteiger partial charge in [0.1, 0.15) is 12.2 Å². The third kappa shape index (κ3) is 5.61. The van der Waals surface area contributed by atoms with E-state index >= 15 is 0 Å². The van der Waals surface area contributed by atoms with Crippen LogP contribution >= 0.6 is 0 Å². The number of para-hydroxylation sites is 1. The summed E-state index contributed by atoms with van der Waals surface area (Å²) in [5.41, 5.74) is 1.32. The maximum absolute atomic E-state index is 12.6. The fraction of sp³-hybridized carbons (Fsp3) is 0.227.